The Morgan fingerprint density at radius 1 is 1.16 bits per heavy atom. The van der Waals surface area contributed by atoms with Gasteiger partial charge in [-0.05, 0) is 37.7 Å². The molecule has 1 aromatic carbocycles. The van der Waals surface area contributed by atoms with Gasteiger partial charge in [-0.25, -0.2) is 4.99 Å². The van der Waals surface area contributed by atoms with Crippen LogP contribution in [0, 0.1) is 12.3 Å². The predicted molar refractivity (Wildman–Crippen MR) is 117 cm³/mol. The Bertz CT molecular complexity index is 521. The van der Waals surface area contributed by atoms with Gasteiger partial charge in [-0.15, -0.1) is 30.4 Å². The molecule has 5 nitrogen and oxygen atoms in total. The minimum absolute atomic E-state index is 0. The highest BCUT2D eigenvalue weighted by Crippen LogP contribution is 2.12. The average Bonchev–Trinajstić information content (AvgIpc) is 2.62. The van der Waals surface area contributed by atoms with E-state index >= 15 is 0 Å². The van der Waals surface area contributed by atoms with Gasteiger partial charge in [-0.1, -0.05) is 31.9 Å². The van der Waals surface area contributed by atoms with E-state index in [1.165, 1.54) is 0 Å². The van der Waals surface area contributed by atoms with E-state index in [2.05, 4.69) is 40.3 Å². The van der Waals surface area contributed by atoms with E-state index in [0.29, 0.717) is 19.7 Å². The normalized spacial score (nSPS) is 10.8. The smallest absolute Gasteiger partial charge is 0.192 e. The van der Waals surface area contributed by atoms with Crippen LogP contribution in [0.4, 0.5) is 0 Å². The van der Waals surface area contributed by atoms with E-state index < -0.39 is 0 Å². The second kappa shape index (κ2) is 14.8. The first-order valence-electron chi connectivity index (χ1n) is 8.63. The van der Waals surface area contributed by atoms with E-state index in [9.17, 15) is 0 Å². The number of benzene rings is 1. The lowest BCUT2D eigenvalue weighted by molar-refractivity contribution is 0.223. The molecule has 25 heavy (non-hydrogen) atoms. The van der Waals surface area contributed by atoms with Crippen LogP contribution in [0.25, 0.3) is 0 Å². The molecule has 0 amide bonds. The van der Waals surface area contributed by atoms with Gasteiger partial charge in [0.1, 0.15) is 12.4 Å². The predicted octanol–water partition coefficient (Wildman–Crippen LogP) is 2.71. The highest BCUT2D eigenvalue weighted by molar-refractivity contribution is 14.0. The Kier molecular flexibility index (Phi) is 14.0. The molecule has 0 saturated carbocycles. The van der Waals surface area contributed by atoms with Gasteiger partial charge in [0.15, 0.2) is 5.96 Å². The molecule has 1 rings (SSSR count). The van der Waals surface area contributed by atoms with E-state index in [0.717, 1.165) is 43.5 Å². The molecule has 2 N–H and O–H groups in total. The molecule has 0 heterocycles. The molecule has 6 heteroatoms. The Balaban J connectivity index is 0.00000576. The van der Waals surface area contributed by atoms with Crippen molar-refractivity contribution in [1.29, 1.82) is 0 Å². The Labute approximate surface area is 169 Å². The van der Waals surface area contributed by atoms with Gasteiger partial charge >= 0.3 is 0 Å². The van der Waals surface area contributed by atoms with Crippen molar-refractivity contribution in [2.75, 3.05) is 39.3 Å². The van der Waals surface area contributed by atoms with Crippen molar-refractivity contribution < 1.29 is 4.74 Å². The molecule has 0 aliphatic heterocycles. The number of rotatable bonds is 10. The van der Waals surface area contributed by atoms with Crippen LogP contribution in [0.2, 0.25) is 0 Å². The summed E-state index contributed by atoms with van der Waals surface area (Å²) in [6.07, 6.45) is 5.26. The maximum atomic E-state index is 5.79. The number of terminal acetylenes is 1. The summed E-state index contributed by atoms with van der Waals surface area (Å²) in [6, 6.07) is 8.08. The molecule has 0 aliphatic carbocycles. The number of nitrogens with one attached hydrogen (secondary N) is 2. The molecule has 140 valence electrons. The van der Waals surface area contributed by atoms with Crippen molar-refractivity contribution in [2.24, 2.45) is 4.99 Å². The molecule has 0 spiro atoms. The number of hydrogen-bond donors (Lipinski definition) is 2. The third-order valence-electron chi connectivity index (χ3n) is 3.62. The van der Waals surface area contributed by atoms with E-state index in [1.54, 1.807) is 0 Å². The summed E-state index contributed by atoms with van der Waals surface area (Å²) in [4.78, 5) is 6.85. The third-order valence-corrected chi connectivity index (χ3v) is 3.62. The first-order valence-corrected chi connectivity index (χ1v) is 8.63. The number of halogens is 1. The van der Waals surface area contributed by atoms with E-state index in [4.69, 9.17) is 11.2 Å². The Hall–Kier alpha value is -1.46. The summed E-state index contributed by atoms with van der Waals surface area (Å²) in [5, 5.41) is 6.24. The topological polar surface area (TPSA) is 48.9 Å². The van der Waals surface area contributed by atoms with Gasteiger partial charge in [0.2, 0.25) is 0 Å². The van der Waals surface area contributed by atoms with E-state index in [1.807, 2.05) is 31.2 Å². The summed E-state index contributed by atoms with van der Waals surface area (Å²) < 4.78 is 5.79. The number of ether oxygens (including phenoxy) is 1. The van der Waals surface area contributed by atoms with Gasteiger partial charge in [0.25, 0.3) is 0 Å². The zero-order chi connectivity index (χ0) is 17.6. The number of likely N-dealkylation sites (N-methyl/N-ethyl adjacent to an activating group) is 1. The molecule has 1 aromatic rings. The summed E-state index contributed by atoms with van der Waals surface area (Å²) in [5.41, 5.74) is 1.13. The second-order valence-electron chi connectivity index (χ2n) is 5.27. The van der Waals surface area contributed by atoms with Crippen LogP contribution in [0.15, 0.2) is 29.3 Å². The molecule has 0 unspecified atom stereocenters. The summed E-state index contributed by atoms with van der Waals surface area (Å²) in [6.45, 7) is 12.0. The second-order valence-corrected chi connectivity index (χ2v) is 5.27. The molecule has 0 aromatic heterocycles. The molecule has 0 atom stereocenters. The molecular formula is C19H31IN4O. The first kappa shape index (κ1) is 23.5. The fourth-order valence-electron chi connectivity index (χ4n) is 2.17. The average molecular weight is 458 g/mol. The van der Waals surface area contributed by atoms with Gasteiger partial charge in [0, 0.05) is 13.1 Å². The lowest BCUT2D eigenvalue weighted by Gasteiger charge is -2.18. The zero-order valence-electron chi connectivity index (χ0n) is 15.5. The van der Waals surface area contributed by atoms with Gasteiger partial charge < -0.3 is 20.3 Å². The van der Waals surface area contributed by atoms with Gasteiger partial charge in [-0.3, -0.25) is 0 Å². The maximum Gasteiger partial charge on any atom is 0.192 e. The third kappa shape index (κ3) is 10.2. The maximum absolute atomic E-state index is 5.79. The van der Waals surface area contributed by atoms with Crippen LogP contribution in [-0.2, 0) is 6.54 Å². The van der Waals surface area contributed by atoms with Crippen LogP contribution in [0.1, 0.15) is 26.3 Å². The van der Waals surface area contributed by atoms with Crippen molar-refractivity contribution in [1.82, 2.24) is 15.5 Å². The van der Waals surface area contributed by atoms with Crippen LogP contribution in [0.5, 0.6) is 5.75 Å². The molecule has 0 fully saturated rings. The van der Waals surface area contributed by atoms with Crippen LogP contribution < -0.4 is 15.4 Å². The summed E-state index contributed by atoms with van der Waals surface area (Å²) in [7, 11) is 0. The number of guanidine groups is 1. The fourth-order valence-corrected chi connectivity index (χ4v) is 2.17. The number of aliphatic imine (C=N–C) groups is 1. The van der Waals surface area contributed by atoms with Crippen molar-refractivity contribution >= 4 is 29.9 Å². The van der Waals surface area contributed by atoms with Crippen molar-refractivity contribution in [3.05, 3.63) is 29.8 Å². The minimum atomic E-state index is 0. The number of hydrogen-bond acceptors (Lipinski definition) is 3. The SMILES string of the molecule is C#CCNC(=NCc1ccc(OCCN(CC)CC)cc1)NCC.I. The minimum Gasteiger partial charge on any atom is -0.492 e. The van der Waals surface area contributed by atoms with Gasteiger partial charge in [-0.2, -0.15) is 0 Å². The van der Waals surface area contributed by atoms with Crippen LogP contribution in [-0.4, -0.2) is 50.2 Å². The van der Waals surface area contributed by atoms with Crippen molar-refractivity contribution in [3.63, 3.8) is 0 Å². The quantitative estimate of drug-likeness (QED) is 0.245. The zero-order valence-corrected chi connectivity index (χ0v) is 17.9. The molecular weight excluding hydrogens is 427 g/mol. The van der Waals surface area contributed by atoms with Crippen molar-refractivity contribution in [3.8, 4) is 18.1 Å². The monoisotopic (exact) mass is 458 g/mol. The highest BCUT2D eigenvalue weighted by atomic mass is 127. The Morgan fingerprint density at radius 3 is 2.40 bits per heavy atom. The Morgan fingerprint density at radius 2 is 1.84 bits per heavy atom. The number of nitrogens with zero attached hydrogens (tertiary/aromatic N) is 2. The molecule has 0 bridgehead atoms. The summed E-state index contributed by atoms with van der Waals surface area (Å²) >= 11 is 0. The fraction of sp³-hybridized carbons (Fsp3) is 0.526. The standard InChI is InChI=1S/C19H30N4O.HI/c1-5-13-21-19(20-6-2)22-16-17-9-11-18(12-10-17)24-15-14-23(7-3)8-4;/h1,9-12H,6-8,13-16H2,2-4H3,(H2,20,21,22);1H. The lowest BCUT2D eigenvalue weighted by Crippen LogP contribution is -2.37. The van der Waals surface area contributed by atoms with Crippen LogP contribution in [0.3, 0.4) is 0 Å². The first-order chi connectivity index (χ1) is 11.7. The highest BCUT2D eigenvalue weighted by Gasteiger charge is 2.00. The van der Waals surface area contributed by atoms with E-state index in [-0.39, 0.29) is 24.0 Å². The van der Waals surface area contributed by atoms with Crippen molar-refractivity contribution in [2.45, 2.75) is 27.3 Å². The van der Waals surface area contributed by atoms with Gasteiger partial charge in [0.05, 0.1) is 13.1 Å². The largest absolute Gasteiger partial charge is 0.492 e. The molecule has 0 radical (unpaired) electrons. The molecule has 0 saturated heterocycles. The van der Waals surface area contributed by atoms with Crippen LogP contribution >= 0.6 is 24.0 Å². The summed E-state index contributed by atoms with van der Waals surface area (Å²) in [5.74, 6) is 4.17. The molecule has 0 aliphatic rings. The lowest BCUT2D eigenvalue weighted by atomic mass is 10.2.